The average Bonchev–Trinajstić information content (AvgIpc) is 2.67. The van der Waals surface area contributed by atoms with Crippen LogP contribution in [0.2, 0.25) is 5.28 Å². The van der Waals surface area contributed by atoms with E-state index < -0.39 is 0 Å². The third kappa shape index (κ3) is 2.64. The minimum absolute atomic E-state index is 0.167. The third-order valence-corrected chi connectivity index (χ3v) is 3.90. The van der Waals surface area contributed by atoms with Gasteiger partial charge < -0.3 is 10.1 Å². The topological polar surface area (TPSA) is 64.1 Å². The molecule has 0 atom stereocenters. The smallest absolute Gasteiger partial charge is 0.348 e. The van der Waals surface area contributed by atoms with Crippen molar-refractivity contribution in [1.29, 1.82) is 0 Å². The lowest BCUT2D eigenvalue weighted by Crippen LogP contribution is -2.04. The predicted octanol–water partition coefficient (Wildman–Crippen LogP) is 3.26. The highest BCUT2D eigenvalue weighted by Gasteiger charge is 2.20. The number of fused-ring (bicyclic) bond motifs is 1. The molecule has 0 aliphatic carbocycles. The number of nitrogens with zero attached hydrogens (tertiary/aromatic N) is 2. The minimum Gasteiger partial charge on any atom is -0.462 e. The fraction of sp³-hybridized carbons (Fsp3) is 0.417. The molecular formula is C12H14ClN3O2S. The monoisotopic (exact) mass is 299 g/mol. The quantitative estimate of drug-likeness (QED) is 0.693. The van der Waals surface area contributed by atoms with Crippen LogP contribution in [-0.4, -0.2) is 29.1 Å². The molecule has 0 amide bonds. The molecule has 0 bridgehead atoms. The van der Waals surface area contributed by atoms with Crippen LogP contribution < -0.4 is 5.32 Å². The van der Waals surface area contributed by atoms with Gasteiger partial charge in [0, 0.05) is 6.54 Å². The van der Waals surface area contributed by atoms with Gasteiger partial charge in [0.15, 0.2) is 0 Å². The molecule has 5 nitrogen and oxygen atoms in total. The van der Waals surface area contributed by atoms with Crippen LogP contribution in [0.25, 0.3) is 10.2 Å². The number of esters is 1. The van der Waals surface area contributed by atoms with E-state index in [1.54, 1.807) is 6.92 Å². The van der Waals surface area contributed by atoms with Gasteiger partial charge in [-0.1, -0.05) is 0 Å². The van der Waals surface area contributed by atoms with Gasteiger partial charge in [-0.05, 0) is 37.9 Å². The van der Waals surface area contributed by atoms with Crippen molar-refractivity contribution in [2.24, 2.45) is 0 Å². The van der Waals surface area contributed by atoms with Crippen LogP contribution in [0.5, 0.6) is 0 Å². The number of halogens is 1. The molecule has 0 saturated carbocycles. The lowest BCUT2D eigenvalue weighted by atomic mass is 10.2. The van der Waals surface area contributed by atoms with E-state index in [1.807, 2.05) is 13.8 Å². The second-order valence-electron chi connectivity index (χ2n) is 3.83. The maximum absolute atomic E-state index is 11.9. The number of nitrogens with one attached hydrogen (secondary N) is 1. The Morgan fingerprint density at radius 1 is 1.42 bits per heavy atom. The number of aromatic nitrogens is 2. The van der Waals surface area contributed by atoms with E-state index in [9.17, 15) is 4.79 Å². The molecule has 0 radical (unpaired) electrons. The SMILES string of the molecule is CCNc1nc(Cl)nc2sc(C(=O)OCC)c(C)c12. The molecule has 2 heterocycles. The van der Waals surface area contributed by atoms with Gasteiger partial charge in [-0.25, -0.2) is 14.8 Å². The Balaban J connectivity index is 2.62. The Kier molecular flexibility index (Phi) is 4.21. The normalized spacial score (nSPS) is 10.7. The largest absolute Gasteiger partial charge is 0.462 e. The third-order valence-electron chi connectivity index (χ3n) is 2.57. The van der Waals surface area contributed by atoms with Crippen molar-refractivity contribution in [2.45, 2.75) is 20.8 Å². The van der Waals surface area contributed by atoms with Gasteiger partial charge in [-0.3, -0.25) is 0 Å². The highest BCUT2D eigenvalue weighted by atomic mass is 35.5. The van der Waals surface area contributed by atoms with Crippen molar-refractivity contribution in [3.05, 3.63) is 15.7 Å². The van der Waals surface area contributed by atoms with Gasteiger partial charge in [-0.15, -0.1) is 11.3 Å². The lowest BCUT2D eigenvalue weighted by molar-refractivity contribution is 0.0531. The summed E-state index contributed by atoms with van der Waals surface area (Å²) in [5.74, 6) is 0.323. The molecule has 0 saturated heterocycles. The second-order valence-corrected chi connectivity index (χ2v) is 5.17. The molecule has 2 rings (SSSR count). The lowest BCUT2D eigenvalue weighted by Gasteiger charge is -2.05. The van der Waals surface area contributed by atoms with E-state index in [0.29, 0.717) is 28.7 Å². The Morgan fingerprint density at radius 2 is 2.16 bits per heavy atom. The summed E-state index contributed by atoms with van der Waals surface area (Å²) in [6.45, 7) is 6.67. The molecule has 102 valence electrons. The number of anilines is 1. The van der Waals surface area contributed by atoms with Gasteiger partial charge in [0.05, 0.1) is 12.0 Å². The van der Waals surface area contributed by atoms with Crippen molar-refractivity contribution < 1.29 is 9.53 Å². The zero-order chi connectivity index (χ0) is 14.0. The number of aryl methyl sites for hydroxylation is 1. The van der Waals surface area contributed by atoms with Crippen LogP contribution in [-0.2, 0) is 4.74 Å². The number of carbonyl (C=O) groups is 1. The van der Waals surface area contributed by atoms with Crippen LogP contribution in [0.4, 0.5) is 5.82 Å². The standard InChI is InChI=1S/C12H14ClN3O2S/c1-4-14-9-7-6(3)8(11(17)18-5-2)19-10(7)16-12(13)15-9/h4-5H2,1-3H3,(H,14,15,16). The summed E-state index contributed by atoms with van der Waals surface area (Å²) >= 11 is 7.17. The first-order valence-electron chi connectivity index (χ1n) is 5.96. The van der Waals surface area contributed by atoms with Crippen molar-refractivity contribution >= 4 is 44.9 Å². The zero-order valence-electron chi connectivity index (χ0n) is 10.9. The maximum Gasteiger partial charge on any atom is 0.348 e. The number of carbonyl (C=O) groups excluding carboxylic acids is 1. The molecule has 1 N–H and O–H groups in total. The van der Waals surface area contributed by atoms with Gasteiger partial charge in [-0.2, -0.15) is 0 Å². The van der Waals surface area contributed by atoms with Crippen molar-refractivity contribution in [1.82, 2.24) is 9.97 Å². The minimum atomic E-state index is -0.332. The van der Waals surface area contributed by atoms with Gasteiger partial charge >= 0.3 is 5.97 Å². The number of ether oxygens (including phenoxy) is 1. The number of thiophene rings is 1. The van der Waals surface area contributed by atoms with E-state index in [4.69, 9.17) is 16.3 Å². The summed E-state index contributed by atoms with van der Waals surface area (Å²) in [5, 5.41) is 4.13. The summed E-state index contributed by atoms with van der Waals surface area (Å²) in [6, 6.07) is 0. The van der Waals surface area contributed by atoms with Gasteiger partial charge in [0.1, 0.15) is 15.5 Å². The molecule has 7 heteroatoms. The highest BCUT2D eigenvalue weighted by Crippen LogP contribution is 2.34. The van der Waals surface area contributed by atoms with Gasteiger partial charge in [0.25, 0.3) is 0 Å². The van der Waals surface area contributed by atoms with Crippen LogP contribution >= 0.6 is 22.9 Å². The predicted molar refractivity (Wildman–Crippen MR) is 77.3 cm³/mol. The highest BCUT2D eigenvalue weighted by molar-refractivity contribution is 7.20. The van der Waals surface area contributed by atoms with Crippen LogP contribution in [0.15, 0.2) is 0 Å². The number of hydrogen-bond donors (Lipinski definition) is 1. The molecule has 0 aliphatic rings. The van der Waals surface area contributed by atoms with E-state index in [1.165, 1.54) is 11.3 Å². The van der Waals surface area contributed by atoms with E-state index in [0.717, 1.165) is 10.9 Å². The molecule has 0 aliphatic heterocycles. The van der Waals surface area contributed by atoms with Crippen LogP contribution in [0.1, 0.15) is 29.1 Å². The first kappa shape index (κ1) is 14.0. The Labute approximate surface area is 120 Å². The first-order chi connectivity index (χ1) is 9.08. The zero-order valence-corrected chi connectivity index (χ0v) is 12.5. The van der Waals surface area contributed by atoms with E-state index in [2.05, 4.69) is 15.3 Å². The summed E-state index contributed by atoms with van der Waals surface area (Å²) in [7, 11) is 0. The maximum atomic E-state index is 11.9. The van der Waals surface area contributed by atoms with Gasteiger partial charge in [0.2, 0.25) is 5.28 Å². The fourth-order valence-electron chi connectivity index (χ4n) is 1.80. The first-order valence-corrected chi connectivity index (χ1v) is 7.15. The molecule has 2 aromatic rings. The van der Waals surface area contributed by atoms with Crippen molar-refractivity contribution in [3.63, 3.8) is 0 Å². The molecule has 2 aromatic heterocycles. The van der Waals surface area contributed by atoms with E-state index >= 15 is 0 Å². The second kappa shape index (κ2) is 5.71. The van der Waals surface area contributed by atoms with Crippen LogP contribution in [0.3, 0.4) is 0 Å². The molecule has 19 heavy (non-hydrogen) atoms. The van der Waals surface area contributed by atoms with E-state index in [-0.39, 0.29) is 11.3 Å². The van der Waals surface area contributed by atoms with Crippen LogP contribution in [0, 0.1) is 6.92 Å². The Bertz CT molecular complexity index is 627. The fourth-order valence-corrected chi connectivity index (χ4v) is 3.09. The summed E-state index contributed by atoms with van der Waals surface area (Å²) in [5.41, 5.74) is 0.825. The summed E-state index contributed by atoms with van der Waals surface area (Å²) in [4.78, 5) is 21.5. The van der Waals surface area contributed by atoms with Crippen molar-refractivity contribution in [3.8, 4) is 0 Å². The summed E-state index contributed by atoms with van der Waals surface area (Å²) in [6.07, 6.45) is 0. The molecule has 0 fully saturated rings. The van der Waals surface area contributed by atoms with Crippen molar-refractivity contribution in [2.75, 3.05) is 18.5 Å². The molecule has 0 unspecified atom stereocenters. The molecule has 0 spiro atoms. The Hall–Kier alpha value is -1.40. The average molecular weight is 300 g/mol. The number of rotatable bonds is 4. The molecular weight excluding hydrogens is 286 g/mol. The molecule has 0 aromatic carbocycles. The summed E-state index contributed by atoms with van der Waals surface area (Å²) < 4.78 is 5.04. The Morgan fingerprint density at radius 3 is 2.79 bits per heavy atom. The number of hydrogen-bond acceptors (Lipinski definition) is 6.